The van der Waals surface area contributed by atoms with E-state index in [4.69, 9.17) is 0 Å². The maximum atomic E-state index is 12.6. The van der Waals surface area contributed by atoms with Gasteiger partial charge >= 0.3 is 0 Å². The van der Waals surface area contributed by atoms with Crippen LogP contribution < -0.4 is 21.4 Å². The first kappa shape index (κ1) is 18.0. The molecule has 3 heterocycles. The van der Waals surface area contributed by atoms with Crippen LogP contribution in [0.5, 0.6) is 0 Å². The van der Waals surface area contributed by atoms with Crippen molar-refractivity contribution in [3.63, 3.8) is 0 Å². The van der Waals surface area contributed by atoms with Gasteiger partial charge in [0.25, 0.3) is 5.91 Å². The van der Waals surface area contributed by atoms with Crippen molar-refractivity contribution in [3.8, 4) is 0 Å². The number of sulfone groups is 1. The van der Waals surface area contributed by atoms with E-state index in [9.17, 15) is 13.2 Å². The van der Waals surface area contributed by atoms with Gasteiger partial charge in [-0.2, -0.15) is 0 Å². The number of rotatable bonds is 4. The number of carbonyl (C=O) groups excluding carboxylic acids is 1. The van der Waals surface area contributed by atoms with Crippen LogP contribution >= 0.6 is 11.8 Å². The van der Waals surface area contributed by atoms with Crippen LogP contribution in [0.1, 0.15) is 11.6 Å². The number of hydrazine groups is 1. The predicted molar refractivity (Wildman–Crippen MR) is 103 cm³/mol. The third-order valence-electron chi connectivity index (χ3n) is 4.36. The molecule has 0 saturated heterocycles. The molecule has 3 unspecified atom stereocenters. The second kappa shape index (κ2) is 6.95. The van der Waals surface area contributed by atoms with E-state index in [1.165, 1.54) is 18.0 Å². The summed E-state index contributed by atoms with van der Waals surface area (Å²) in [5, 5.41) is 12.7. The van der Waals surface area contributed by atoms with Gasteiger partial charge in [0, 0.05) is 18.7 Å². The van der Waals surface area contributed by atoms with E-state index in [0.717, 1.165) is 5.56 Å². The molecule has 1 aromatic rings. The monoisotopic (exact) mass is 405 g/mol. The number of amides is 1. The zero-order valence-electron chi connectivity index (χ0n) is 14.4. The highest BCUT2D eigenvalue weighted by molar-refractivity contribution is 8.02. The fraction of sp³-hybridized carbons (Fsp3) is 0.235. The number of hydrogen-bond acceptors (Lipinski definition) is 8. The first-order valence-corrected chi connectivity index (χ1v) is 11.1. The van der Waals surface area contributed by atoms with Crippen LogP contribution in [0, 0.1) is 0 Å². The van der Waals surface area contributed by atoms with E-state index in [1.807, 2.05) is 23.6 Å². The Hall–Kier alpha value is -2.43. The highest BCUT2D eigenvalue weighted by Gasteiger charge is 2.34. The first-order chi connectivity index (χ1) is 12.9. The minimum absolute atomic E-state index is 0.178. The van der Waals surface area contributed by atoms with Crippen LogP contribution in [0.15, 0.2) is 64.8 Å². The maximum absolute atomic E-state index is 12.6. The van der Waals surface area contributed by atoms with E-state index in [-0.39, 0.29) is 28.5 Å². The third kappa shape index (κ3) is 3.68. The number of benzene rings is 1. The Morgan fingerprint density at radius 3 is 2.85 bits per heavy atom. The Labute approximate surface area is 161 Å². The van der Waals surface area contributed by atoms with Crippen molar-refractivity contribution in [2.45, 2.75) is 22.6 Å². The molecule has 1 aromatic carbocycles. The lowest BCUT2D eigenvalue weighted by Crippen LogP contribution is -2.52. The Kier molecular flexibility index (Phi) is 4.62. The van der Waals surface area contributed by atoms with Gasteiger partial charge in [-0.05, 0) is 29.2 Å². The van der Waals surface area contributed by atoms with Crippen LogP contribution in [0.4, 0.5) is 0 Å². The van der Waals surface area contributed by atoms with E-state index < -0.39 is 9.84 Å². The second-order valence-electron chi connectivity index (χ2n) is 6.31. The summed E-state index contributed by atoms with van der Waals surface area (Å²) < 4.78 is 23.6. The van der Waals surface area contributed by atoms with Crippen molar-refractivity contribution in [2.24, 2.45) is 0 Å². The molecule has 8 nitrogen and oxygen atoms in total. The largest absolute Gasteiger partial charge is 0.365 e. The van der Waals surface area contributed by atoms with Crippen molar-refractivity contribution in [1.82, 2.24) is 26.4 Å². The summed E-state index contributed by atoms with van der Waals surface area (Å²) >= 11 is 1.48. The Bertz CT molecular complexity index is 949. The average Bonchev–Trinajstić information content (AvgIpc) is 3.30. The van der Waals surface area contributed by atoms with Gasteiger partial charge in [-0.3, -0.25) is 9.80 Å². The van der Waals surface area contributed by atoms with E-state index in [0.29, 0.717) is 5.70 Å². The maximum Gasteiger partial charge on any atom is 0.272 e. The molecule has 0 fully saturated rings. The molecule has 4 N–H and O–H groups in total. The van der Waals surface area contributed by atoms with Gasteiger partial charge in [-0.25, -0.2) is 13.8 Å². The highest BCUT2D eigenvalue weighted by atomic mass is 32.2. The van der Waals surface area contributed by atoms with Crippen LogP contribution in [0.25, 0.3) is 0 Å². The average molecular weight is 406 g/mol. The van der Waals surface area contributed by atoms with Gasteiger partial charge in [-0.15, -0.1) is 0 Å². The van der Waals surface area contributed by atoms with Crippen LogP contribution in [-0.4, -0.2) is 37.3 Å². The molecule has 0 bridgehead atoms. The summed E-state index contributed by atoms with van der Waals surface area (Å²) in [6.07, 6.45) is 8.35. The van der Waals surface area contributed by atoms with Gasteiger partial charge in [0.05, 0.1) is 10.9 Å². The minimum Gasteiger partial charge on any atom is -0.365 e. The fourth-order valence-corrected chi connectivity index (χ4v) is 4.33. The molecule has 142 valence electrons. The number of fused-ring (bicyclic) bond motifs is 1. The van der Waals surface area contributed by atoms with Gasteiger partial charge in [0.2, 0.25) is 0 Å². The Balaban J connectivity index is 1.51. The molecular weight excluding hydrogens is 386 g/mol. The lowest BCUT2D eigenvalue weighted by atomic mass is 10.1. The summed E-state index contributed by atoms with van der Waals surface area (Å²) in [5.41, 5.74) is 4.35. The molecule has 0 spiro atoms. The fourth-order valence-electron chi connectivity index (χ4n) is 3.01. The van der Waals surface area contributed by atoms with Crippen molar-refractivity contribution >= 4 is 27.5 Å². The van der Waals surface area contributed by atoms with Crippen LogP contribution in [-0.2, 0) is 14.6 Å². The molecule has 0 radical (unpaired) electrons. The van der Waals surface area contributed by atoms with Crippen LogP contribution in [0.2, 0.25) is 0 Å². The first-order valence-electron chi connectivity index (χ1n) is 8.29. The quantitative estimate of drug-likeness (QED) is 0.537. The molecule has 3 atom stereocenters. The van der Waals surface area contributed by atoms with Gasteiger partial charge < -0.3 is 16.0 Å². The lowest BCUT2D eigenvalue weighted by molar-refractivity contribution is -0.119. The Morgan fingerprint density at radius 2 is 2.11 bits per heavy atom. The number of hydrogen-bond donors (Lipinski definition) is 4. The summed E-state index contributed by atoms with van der Waals surface area (Å²) in [4.78, 5) is 12.9. The summed E-state index contributed by atoms with van der Waals surface area (Å²) in [6.45, 7) is 0. The van der Waals surface area contributed by atoms with Gasteiger partial charge in [0.15, 0.2) is 15.3 Å². The molecule has 3 aliphatic heterocycles. The number of nitrogens with one attached hydrogen (secondary N) is 4. The molecule has 27 heavy (non-hydrogen) atoms. The normalized spacial score (nSPS) is 26.2. The minimum atomic E-state index is -3.29. The number of carbonyl (C=O) groups is 1. The van der Waals surface area contributed by atoms with E-state index in [2.05, 4.69) is 21.4 Å². The van der Waals surface area contributed by atoms with Crippen molar-refractivity contribution in [3.05, 3.63) is 65.5 Å². The molecule has 1 amide bonds. The molecule has 10 heteroatoms. The van der Waals surface area contributed by atoms with Gasteiger partial charge in [0.1, 0.15) is 11.9 Å². The lowest BCUT2D eigenvalue weighted by Gasteiger charge is -2.35. The third-order valence-corrected chi connectivity index (χ3v) is 6.29. The zero-order chi connectivity index (χ0) is 19.0. The molecule has 0 aliphatic carbocycles. The van der Waals surface area contributed by atoms with Crippen LogP contribution in [0.3, 0.4) is 0 Å². The summed E-state index contributed by atoms with van der Waals surface area (Å²) in [6, 6.07) is 6.55. The molecule has 3 aliphatic rings. The van der Waals surface area contributed by atoms with E-state index in [1.54, 1.807) is 35.6 Å². The Morgan fingerprint density at radius 1 is 1.26 bits per heavy atom. The second-order valence-corrected chi connectivity index (χ2v) is 9.34. The number of nitrogens with zero attached hydrogens (tertiary/aromatic N) is 1. The summed E-state index contributed by atoms with van der Waals surface area (Å²) in [5.74, 6) is -0.217. The summed E-state index contributed by atoms with van der Waals surface area (Å²) in [7, 11) is -3.29. The standard InChI is InChI=1S/C17H19N5O3S2/c1-27(24,25)12-4-2-3-11(9-12)13-5-6-15-19-10-14(22(15)21-13)16(23)20-17-18-7-8-26-17/h2-10,13,15,17-19,21H,1H3,(H,20,23). The molecule has 0 saturated carbocycles. The predicted octanol–water partition coefficient (Wildman–Crippen LogP) is 0.486. The molecule has 4 rings (SSSR count). The smallest absolute Gasteiger partial charge is 0.272 e. The number of thioether (sulfide) groups is 1. The van der Waals surface area contributed by atoms with Crippen molar-refractivity contribution in [2.75, 3.05) is 6.26 Å². The molecular formula is C17H19N5O3S2. The topological polar surface area (TPSA) is 103 Å². The SMILES string of the molecule is CS(=O)(=O)c1cccc(C2C=CC3NC=C(C(=O)NC4NC=CS4)N3N2)c1. The van der Waals surface area contributed by atoms with Crippen molar-refractivity contribution in [1.29, 1.82) is 0 Å². The highest BCUT2D eigenvalue weighted by Crippen LogP contribution is 2.26. The van der Waals surface area contributed by atoms with Crippen molar-refractivity contribution < 1.29 is 13.2 Å². The zero-order valence-corrected chi connectivity index (χ0v) is 16.0. The van der Waals surface area contributed by atoms with Gasteiger partial charge in [-0.1, -0.05) is 30.0 Å². The van der Waals surface area contributed by atoms with E-state index >= 15 is 0 Å². The molecule has 0 aromatic heterocycles.